The van der Waals surface area contributed by atoms with E-state index in [1.807, 2.05) is 37.3 Å². The van der Waals surface area contributed by atoms with E-state index < -0.39 is 0 Å². The van der Waals surface area contributed by atoms with Crippen LogP contribution < -0.4 is 5.32 Å². The molecule has 2 heterocycles. The van der Waals surface area contributed by atoms with Crippen LogP contribution in [0.3, 0.4) is 0 Å². The molecule has 1 N–H and O–H groups in total. The molecule has 9 heteroatoms. The first-order valence-electron chi connectivity index (χ1n) is 12.6. The van der Waals surface area contributed by atoms with Crippen molar-refractivity contribution in [2.24, 2.45) is 5.10 Å². The third-order valence-corrected chi connectivity index (χ3v) is 6.46. The molecule has 4 rings (SSSR count). The fourth-order valence-corrected chi connectivity index (χ4v) is 4.45. The molecular formula is C27H34FN5O3. The molecule has 2 aliphatic rings. The maximum Gasteiger partial charge on any atom is 0.317 e. The van der Waals surface area contributed by atoms with Crippen LogP contribution in [-0.4, -0.2) is 84.9 Å². The molecule has 0 aliphatic carbocycles. The Kier molecular flexibility index (Phi) is 9.02. The average Bonchev–Trinajstić information content (AvgIpc) is 3.36. The molecule has 192 valence electrons. The first-order valence-corrected chi connectivity index (χ1v) is 12.6. The fourth-order valence-electron chi connectivity index (χ4n) is 4.45. The number of carbonyl (C=O) groups is 2. The van der Waals surface area contributed by atoms with Crippen LogP contribution in [0, 0.1) is 5.82 Å². The van der Waals surface area contributed by atoms with Crippen LogP contribution in [-0.2, 0) is 9.53 Å². The second kappa shape index (κ2) is 12.6. The molecular weight excluding hydrogens is 461 g/mol. The zero-order valence-electron chi connectivity index (χ0n) is 20.7. The van der Waals surface area contributed by atoms with Gasteiger partial charge in [-0.1, -0.05) is 55.5 Å². The first-order chi connectivity index (χ1) is 17.6. The highest BCUT2D eigenvalue weighted by Crippen LogP contribution is 2.33. The largest absolute Gasteiger partial charge is 0.379 e. The Balaban J connectivity index is 1.54. The number of morpholine rings is 1. The van der Waals surface area contributed by atoms with Gasteiger partial charge in [0, 0.05) is 44.7 Å². The lowest BCUT2D eigenvalue weighted by atomic mass is 9.98. The minimum atomic E-state index is -0.372. The number of hydrazone groups is 1. The maximum atomic E-state index is 14.6. The molecule has 2 aliphatic heterocycles. The standard InChI is InChI=1S/C27H34FN5O3/c1-2-12-29-27(35)32(14-13-31-15-17-36-18-16-31)20-26(34)33-25(21-8-4-3-5-9-21)19-24(30-33)22-10-6-7-11-23(22)28/h3-11,25H,2,12-20H2,1H3,(H,29,35). The number of benzene rings is 2. The predicted octanol–water partition coefficient (Wildman–Crippen LogP) is 3.26. The molecule has 0 saturated carbocycles. The summed E-state index contributed by atoms with van der Waals surface area (Å²) in [6.45, 7) is 6.41. The topological polar surface area (TPSA) is 77.5 Å². The fraction of sp³-hybridized carbons (Fsp3) is 0.444. The van der Waals surface area contributed by atoms with E-state index >= 15 is 0 Å². The number of hydrogen-bond donors (Lipinski definition) is 1. The first kappa shape index (κ1) is 25.8. The van der Waals surface area contributed by atoms with Crippen LogP contribution in [0.15, 0.2) is 59.7 Å². The summed E-state index contributed by atoms with van der Waals surface area (Å²) < 4.78 is 20.0. The highest BCUT2D eigenvalue weighted by molar-refractivity contribution is 6.03. The number of rotatable bonds is 9. The summed E-state index contributed by atoms with van der Waals surface area (Å²) >= 11 is 0. The van der Waals surface area contributed by atoms with Crippen molar-refractivity contribution in [1.82, 2.24) is 20.1 Å². The van der Waals surface area contributed by atoms with Crippen LogP contribution >= 0.6 is 0 Å². The van der Waals surface area contributed by atoms with Gasteiger partial charge in [-0.2, -0.15) is 5.10 Å². The van der Waals surface area contributed by atoms with Gasteiger partial charge < -0.3 is 15.0 Å². The third kappa shape index (κ3) is 6.47. The van der Waals surface area contributed by atoms with Crippen LogP contribution in [0.4, 0.5) is 9.18 Å². The number of nitrogens with one attached hydrogen (secondary N) is 1. The third-order valence-electron chi connectivity index (χ3n) is 6.46. The van der Waals surface area contributed by atoms with Crippen molar-refractivity contribution < 1.29 is 18.7 Å². The molecule has 0 spiro atoms. The summed E-state index contributed by atoms with van der Waals surface area (Å²) in [5.41, 5.74) is 1.82. The van der Waals surface area contributed by atoms with Crippen molar-refractivity contribution in [3.8, 4) is 0 Å². The van der Waals surface area contributed by atoms with Gasteiger partial charge in [0.2, 0.25) is 0 Å². The second-order valence-electron chi connectivity index (χ2n) is 9.00. The van der Waals surface area contributed by atoms with Gasteiger partial charge in [-0.25, -0.2) is 14.2 Å². The van der Waals surface area contributed by atoms with E-state index in [-0.39, 0.29) is 30.3 Å². The molecule has 0 bridgehead atoms. The summed E-state index contributed by atoms with van der Waals surface area (Å²) in [6.07, 6.45) is 1.20. The number of amides is 3. The highest BCUT2D eigenvalue weighted by atomic mass is 19.1. The van der Waals surface area contributed by atoms with Gasteiger partial charge >= 0.3 is 6.03 Å². The molecule has 2 aromatic rings. The Morgan fingerprint density at radius 1 is 1.11 bits per heavy atom. The van der Waals surface area contributed by atoms with Gasteiger partial charge in [0.15, 0.2) is 0 Å². The van der Waals surface area contributed by atoms with Gasteiger partial charge in [-0.15, -0.1) is 0 Å². The molecule has 0 radical (unpaired) electrons. The number of hydrogen-bond acceptors (Lipinski definition) is 5. The maximum absolute atomic E-state index is 14.6. The van der Waals surface area contributed by atoms with E-state index in [9.17, 15) is 14.0 Å². The van der Waals surface area contributed by atoms with E-state index in [1.165, 1.54) is 11.1 Å². The van der Waals surface area contributed by atoms with Crippen LogP contribution in [0.5, 0.6) is 0 Å². The summed E-state index contributed by atoms with van der Waals surface area (Å²) in [6, 6.07) is 15.4. The molecule has 1 unspecified atom stereocenters. The van der Waals surface area contributed by atoms with Crippen molar-refractivity contribution in [2.45, 2.75) is 25.8 Å². The summed E-state index contributed by atoms with van der Waals surface area (Å²) in [7, 11) is 0. The van der Waals surface area contributed by atoms with Gasteiger partial charge in [-0.3, -0.25) is 9.69 Å². The Morgan fingerprint density at radius 2 is 1.83 bits per heavy atom. The van der Waals surface area contributed by atoms with Gasteiger partial charge in [-0.05, 0) is 18.1 Å². The lowest BCUT2D eigenvalue weighted by Crippen LogP contribution is -2.49. The van der Waals surface area contributed by atoms with Crippen LogP contribution in [0.25, 0.3) is 0 Å². The van der Waals surface area contributed by atoms with Crippen molar-refractivity contribution >= 4 is 17.6 Å². The summed E-state index contributed by atoms with van der Waals surface area (Å²) in [5, 5.41) is 8.89. The zero-order valence-corrected chi connectivity index (χ0v) is 20.7. The average molecular weight is 496 g/mol. The summed E-state index contributed by atoms with van der Waals surface area (Å²) in [5.74, 6) is -0.674. The van der Waals surface area contributed by atoms with Crippen molar-refractivity contribution in [3.05, 3.63) is 71.5 Å². The number of urea groups is 1. The Morgan fingerprint density at radius 3 is 2.56 bits per heavy atom. The predicted molar refractivity (Wildman–Crippen MR) is 136 cm³/mol. The lowest BCUT2D eigenvalue weighted by molar-refractivity contribution is -0.133. The monoisotopic (exact) mass is 495 g/mol. The molecule has 1 atom stereocenters. The molecule has 0 aromatic heterocycles. The second-order valence-corrected chi connectivity index (χ2v) is 9.00. The molecule has 1 saturated heterocycles. The van der Waals surface area contributed by atoms with Gasteiger partial charge in [0.25, 0.3) is 5.91 Å². The highest BCUT2D eigenvalue weighted by Gasteiger charge is 2.35. The number of ether oxygens (including phenoxy) is 1. The van der Waals surface area contributed by atoms with Crippen LogP contribution in [0.1, 0.15) is 36.9 Å². The van der Waals surface area contributed by atoms with Crippen molar-refractivity contribution in [3.63, 3.8) is 0 Å². The van der Waals surface area contributed by atoms with E-state index in [0.717, 1.165) is 25.1 Å². The number of halogens is 1. The van der Waals surface area contributed by atoms with Gasteiger partial charge in [0.05, 0.1) is 25.0 Å². The Bertz CT molecular complexity index is 1060. The van der Waals surface area contributed by atoms with Crippen molar-refractivity contribution in [1.29, 1.82) is 0 Å². The lowest BCUT2D eigenvalue weighted by Gasteiger charge is -2.31. The minimum absolute atomic E-state index is 0.114. The van der Waals surface area contributed by atoms with E-state index in [2.05, 4.69) is 15.3 Å². The Labute approximate surface area is 211 Å². The van der Waals surface area contributed by atoms with E-state index in [4.69, 9.17) is 4.74 Å². The zero-order chi connectivity index (χ0) is 25.3. The molecule has 3 amide bonds. The smallest absolute Gasteiger partial charge is 0.317 e. The summed E-state index contributed by atoms with van der Waals surface area (Å²) in [4.78, 5) is 30.3. The normalized spacial score (nSPS) is 18.1. The number of nitrogens with zero attached hydrogens (tertiary/aromatic N) is 4. The van der Waals surface area contributed by atoms with E-state index in [0.29, 0.717) is 50.5 Å². The van der Waals surface area contributed by atoms with Crippen LogP contribution in [0.2, 0.25) is 0 Å². The Hall–Kier alpha value is -3.30. The quantitative estimate of drug-likeness (QED) is 0.579. The van der Waals surface area contributed by atoms with E-state index in [1.54, 1.807) is 23.1 Å². The molecule has 2 aromatic carbocycles. The molecule has 1 fully saturated rings. The number of carbonyl (C=O) groups excluding carboxylic acids is 2. The van der Waals surface area contributed by atoms with Crippen molar-refractivity contribution in [2.75, 3.05) is 52.5 Å². The molecule has 36 heavy (non-hydrogen) atoms. The minimum Gasteiger partial charge on any atom is -0.379 e. The molecule has 8 nitrogen and oxygen atoms in total. The SMILES string of the molecule is CCCNC(=O)N(CCN1CCOCC1)CC(=O)N1N=C(c2ccccc2F)CC1c1ccccc1. The van der Waals surface area contributed by atoms with Gasteiger partial charge in [0.1, 0.15) is 12.4 Å².